The molecule has 0 aromatic heterocycles. The normalized spacial score (nSPS) is 26.8. The van der Waals surface area contributed by atoms with Crippen molar-refractivity contribution in [2.24, 2.45) is 0 Å². The summed E-state index contributed by atoms with van der Waals surface area (Å²) in [7, 11) is 5.59. The minimum atomic E-state index is -0.261. The largest absolute Gasteiger partial charge is 0.383 e. The number of nitrogens with zero attached hydrogens (tertiary/aromatic N) is 3. The number of anilines is 1. The Labute approximate surface area is 201 Å². The number of hydrogen-bond acceptors (Lipinski definition) is 6. The maximum Gasteiger partial charge on any atom is 0.251 e. The average molecular weight is 472 g/mol. The second kappa shape index (κ2) is 10.7. The summed E-state index contributed by atoms with van der Waals surface area (Å²) in [6, 6.07) is 7.40. The molecule has 0 saturated carbocycles. The standard InChI is InChI=1S/C25H37N5O4/c1-28(2)19-8-6-17(7-9-19)24(32)27-18-13-22-25(33)26-14-20(30(22)15-18)10-11-23(31)29-12-4-5-21(29)16-34-3/h6-9,18,20-22H,4-5,10-16H2,1-3H3,(H,26,33)(H,27,32)/t18-,20+,21+,22-/m0/s1. The Hall–Kier alpha value is -2.65. The fraction of sp³-hybridized carbons (Fsp3) is 0.640. The number of hydrogen-bond donors (Lipinski definition) is 2. The highest BCUT2D eigenvalue weighted by molar-refractivity contribution is 5.95. The number of methoxy groups -OCH3 is 1. The lowest BCUT2D eigenvalue weighted by molar-refractivity contribution is -0.133. The zero-order valence-electron chi connectivity index (χ0n) is 20.5. The summed E-state index contributed by atoms with van der Waals surface area (Å²) in [5.41, 5.74) is 1.64. The van der Waals surface area contributed by atoms with E-state index in [0.29, 0.717) is 44.5 Å². The molecule has 0 radical (unpaired) electrons. The van der Waals surface area contributed by atoms with Crippen molar-refractivity contribution in [1.82, 2.24) is 20.4 Å². The number of amides is 3. The highest BCUT2D eigenvalue weighted by Crippen LogP contribution is 2.27. The molecule has 2 N–H and O–H groups in total. The van der Waals surface area contributed by atoms with E-state index in [0.717, 1.165) is 25.1 Å². The molecule has 3 fully saturated rings. The van der Waals surface area contributed by atoms with Crippen molar-refractivity contribution in [2.45, 2.75) is 56.3 Å². The van der Waals surface area contributed by atoms with Gasteiger partial charge in [0, 0.05) is 70.6 Å². The van der Waals surface area contributed by atoms with Crippen molar-refractivity contribution >= 4 is 23.4 Å². The van der Waals surface area contributed by atoms with Gasteiger partial charge in [0.1, 0.15) is 0 Å². The van der Waals surface area contributed by atoms with E-state index in [1.807, 2.05) is 48.2 Å². The topological polar surface area (TPSA) is 94.2 Å². The molecule has 34 heavy (non-hydrogen) atoms. The van der Waals surface area contributed by atoms with Crippen molar-refractivity contribution in [3.8, 4) is 0 Å². The summed E-state index contributed by atoms with van der Waals surface area (Å²) in [6.45, 7) is 2.54. The Bertz CT molecular complexity index is 890. The Kier molecular flexibility index (Phi) is 7.73. The molecule has 0 spiro atoms. The molecule has 4 atom stereocenters. The highest BCUT2D eigenvalue weighted by atomic mass is 16.5. The number of piperazine rings is 1. The number of rotatable bonds is 8. The monoisotopic (exact) mass is 471 g/mol. The van der Waals surface area contributed by atoms with Crippen LogP contribution in [-0.4, -0.2) is 99.1 Å². The van der Waals surface area contributed by atoms with Gasteiger partial charge in [-0.15, -0.1) is 0 Å². The van der Waals surface area contributed by atoms with Gasteiger partial charge in [-0.2, -0.15) is 0 Å². The summed E-state index contributed by atoms with van der Waals surface area (Å²) in [4.78, 5) is 44.3. The van der Waals surface area contributed by atoms with Gasteiger partial charge in [-0.1, -0.05) is 0 Å². The summed E-state index contributed by atoms with van der Waals surface area (Å²) in [6.07, 6.45) is 3.75. The van der Waals surface area contributed by atoms with Gasteiger partial charge in [0.2, 0.25) is 11.8 Å². The molecule has 3 aliphatic heterocycles. The first-order chi connectivity index (χ1) is 16.4. The summed E-state index contributed by atoms with van der Waals surface area (Å²) >= 11 is 0. The van der Waals surface area contributed by atoms with Crippen LogP contribution in [0.4, 0.5) is 5.69 Å². The van der Waals surface area contributed by atoms with Crippen molar-refractivity contribution in [1.29, 1.82) is 0 Å². The molecule has 186 valence electrons. The van der Waals surface area contributed by atoms with E-state index in [-0.39, 0.29) is 41.9 Å². The average Bonchev–Trinajstić information content (AvgIpc) is 3.46. The van der Waals surface area contributed by atoms with Crippen LogP contribution in [0.5, 0.6) is 0 Å². The van der Waals surface area contributed by atoms with Crippen molar-refractivity contribution in [3.05, 3.63) is 29.8 Å². The minimum absolute atomic E-state index is 0.00867. The van der Waals surface area contributed by atoms with Gasteiger partial charge in [-0.3, -0.25) is 19.3 Å². The van der Waals surface area contributed by atoms with Crippen LogP contribution in [0.15, 0.2) is 24.3 Å². The Balaban J connectivity index is 1.33. The first-order valence-electron chi connectivity index (χ1n) is 12.3. The number of carbonyl (C=O) groups excluding carboxylic acids is 3. The molecule has 1 aromatic carbocycles. The molecule has 9 nitrogen and oxygen atoms in total. The Morgan fingerprint density at radius 2 is 1.97 bits per heavy atom. The van der Waals surface area contributed by atoms with Crippen molar-refractivity contribution in [2.75, 3.05) is 52.3 Å². The lowest BCUT2D eigenvalue weighted by Crippen LogP contribution is -2.58. The summed E-state index contributed by atoms with van der Waals surface area (Å²) < 4.78 is 5.27. The van der Waals surface area contributed by atoms with Gasteiger partial charge in [0.05, 0.1) is 18.7 Å². The second-order valence-electron chi connectivity index (χ2n) is 9.84. The van der Waals surface area contributed by atoms with E-state index < -0.39 is 0 Å². The fourth-order valence-corrected chi connectivity index (χ4v) is 5.49. The molecule has 1 aromatic rings. The molecule has 0 bridgehead atoms. The predicted molar refractivity (Wildman–Crippen MR) is 130 cm³/mol. The van der Waals surface area contributed by atoms with Crippen LogP contribution >= 0.6 is 0 Å². The van der Waals surface area contributed by atoms with Gasteiger partial charge in [-0.25, -0.2) is 0 Å². The van der Waals surface area contributed by atoms with E-state index >= 15 is 0 Å². The fourth-order valence-electron chi connectivity index (χ4n) is 5.49. The van der Waals surface area contributed by atoms with Gasteiger partial charge in [0.15, 0.2) is 0 Å². The van der Waals surface area contributed by atoms with Crippen LogP contribution < -0.4 is 15.5 Å². The van der Waals surface area contributed by atoms with Gasteiger partial charge in [0.25, 0.3) is 5.91 Å². The molecule has 4 rings (SSSR count). The molecule has 3 saturated heterocycles. The van der Waals surface area contributed by atoms with Crippen LogP contribution in [0.25, 0.3) is 0 Å². The number of fused-ring (bicyclic) bond motifs is 1. The third kappa shape index (κ3) is 5.36. The van der Waals surface area contributed by atoms with Crippen molar-refractivity contribution in [3.63, 3.8) is 0 Å². The number of likely N-dealkylation sites (tertiary alicyclic amines) is 1. The highest BCUT2D eigenvalue weighted by Gasteiger charge is 2.44. The molecule has 3 heterocycles. The molecular weight excluding hydrogens is 434 g/mol. The zero-order chi connectivity index (χ0) is 24.2. The van der Waals surface area contributed by atoms with E-state index in [2.05, 4.69) is 15.5 Å². The number of carbonyl (C=O) groups is 3. The van der Waals surface area contributed by atoms with E-state index in [4.69, 9.17) is 4.74 Å². The van der Waals surface area contributed by atoms with Gasteiger partial charge in [-0.05, 0) is 49.9 Å². The summed E-state index contributed by atoms with van der Waals surface area (Å²) in [5.74, 6) is 0.0492. The van der Waals surface area contributed by atoms with Crippen LogP contribution in [-0.2, 0) is 14.3 Å². The number of nitrogens with one attached hydrogen (secondary N) is 2. The molecule has 0 aliphatic carbocycles. The number of ether oxygens (including phenoxy) is 1. The molecule has 3 aliphatic rings. The smallest absolute Gasteiger partial charge is 0.251 e. The Morgan fingerprint density at radius 3 is 2.68 bits per heavy atom. The predicted octanol–water partition coefficient (Wildman–Crippen LogP) is 0.841. The quantitative estimate of drug-likeness (QED) is 0.584. The molecule has 3 amide bonds. The van der Waals surface area contributed by atoms with E-state index in [9.17, 15) is 14.4 Å². The SMILES string of the molecule is COC[C@H]1CCCN1C(=O)CC[C@@H]1CNC(=O)[C@@H]2C[C@H](NC(=O)c3ccc(N(C)C)cc3)CN12. The first kappa shape index (κ1) is 24.5. The van der Waals surface area contributed by atoms with Gasteiger partial charge < -0.3 is 25.2 Å². The molecule has 9 heteroatoms. The zero-order valence-corrected chi connectivity index (χ0v) is 20.5. The number of benzene rings is 1. The molecule has 0 unspecified atom stereocenters. The third-order valence-electron chi connectivity index (χ3n) is 7.35. The third-order valence-corrected chi connectivity index (χ3v) is 7.35. The first-order valence-corrected chi connectivity index (χ1v) is 12.3. The minimum Gasteiger partial charge on any atom is -0.383 e. The lowest BCUT2D eigenvalue weighted by Gasteiger charge is -2.37. The molecular formula is C25H37N5O4. The van der Waals surface area contributed by atoms with E-state index in [1.165, 1.54) is 0 Å². The summed E-state index contributed by atoms with van der Waals surface area (Å²) in [5, 5.41) is 6.11. The lowest BCUT2D eigenvalue weighted by atomic mass is 10.0. The van der Waals surface area contributed by atoms with Crippen LogP contribution in [0.3, 0.4) is 0 Å². The van der Waals surface area contributed by atoms with Crippen molar-refractivity contribution < 1.29 is 19.1 Å². The van der Waals surface area contributed by atoms with E-state index in [1.54, 1.807) is 7.11 Å². The van der Waals surface area contributed by atoms with Crippen LogP contribution in [0.2, 0.25) is 0 Å². The maximum absolute atomic E-state index is 12.9. The second-order valence-corrected chi connectivity index (χ2v) is 9.84. The van der Waals surface area contributed by atoms with Gasteiger partial charge >= 0.3 is 0 Å². The maximum atomic E-state index is 12.9. The van der Waals surface area contributed by atoms with Crippen LogP contribution in [0, 0.1) is 0 Å². The Morgan fingerprint density at radius 1 is 1.21 bits per heavy atom. The van der Waals surface area contributed by atoms with Crippen LogP contribution in [0.1, 0.15) is 42.5 Å².